The first kappa shape index (κ1) is 9.64. The minimum absolute atomic E-state index is 0.117. The van der Waals surface area contributed by atoms with Crippen molar-refractivity contribution in [1.82, 2.24) is 0 Å². The molecule has 0 spiro atoms. The summed E-state index contributed by atoms with van der Waals surface area (Å²) in [5.74, 6) is 1.42. The molecule has 0 unspecified atom stereocenters. The van der Waals surface area contributed by atoms with Gasteiger partial charge in [-0.2, -0.15) is 0 Å². The Labute approximate surface area is 70.5 Å². The molecule has 4 heteroatoms. The summed E-state index contributed by atoms with van der Waals surface area (Å²) in [6, 6.07) is 0. The molecule has 0 aliphatic carbocycles. The summed E-state index contributed by atoms with van der Waals surface area (Å²) in [5.41, 5.74) is 4.93. The van der Waals surface area contributed by atoms with E-state index in [1.807, 2.05) is 0 Å². The Kier molecular flexibility index (Phi) is 7.23. The maximum atomic E-state index is 10.2. The molecule has 0 fully saturated rings. The summed E-state index contributed by atoms with van der Waals surface area (Å²) >= 11 is 1.77. The van der Waals surface area contributed by atoms with Gasteiger partial charge in [0.2, 0.25) is 0 Å². The zero-order chi connectivity index (χ0) is 7.11. The van der Waals surface area contributed by atoms with E-state index in [-0.39, 0.29) is 27.5 Å². The molecule has 0 saturated heterocycles. The molecule has 0 aliphatic rings. The molecule has 0 aromatic carbocycles. The Balaban J connectivity index is 2.83. The molecule has 0 rings (SSSR count). The molecular formula is C5H11NOSSb. The summed E-state index contributed by atoms with van der Waals surface area (Å²) in [4.78, 5) is 12.5. The van der Waals surface area contributed by atoms with Crippen LogP contribution in [-0.2, 0) is 4.79 Å². The van der Waals surface area contributed by atoms with Gasteiger partial charge in [0.25, 0.3) is 0 Å². The molecule has 0 saturated carbocycles. The Bertz CT molecular complexity index is 89.0. The fraction of sp³-hybridized carbons (Fsp3) is 0.800. The van der Waals surface area contributed by atoms with Crippen LogP contribution in [0.3, 0.4) is 0 Å². The van der Waals surface area contributed by atoms with Crippen LogP contribution in [-0.4, -0.2) is 39.0 Å². The molecule has 0 atom stereocenters. The number of primary amides is 1. The molecule has 2 N–H and O–H groups in total. The summed E-state index contributed by atoms with van der Waals surface area (Å²) in [6.45, 7) is 0. The molecule has 1 amide bonds. The second-order valence-corrected chi connectivity index (χ2v) is 5.75. The average Bonchev–Trinajstić information content (AvgIpc) is 1.80. The second-order valence-electron chi connectivity index (χ2n) is 1.56. The summed E-state index contributed by atoms with van der Waals surface area (Å²) < 4.78 is 1.33. The number of amides is 1. The summed E-state index contributed by atoms with van der Waals surface area (Å²) in [7, 11) is 0. The third kappa shape index (κ3) is 8.64. The number of carbonyl (C=O) groups is 1. The molecule has 0 heterocycles. The molecule has 53 valence electrons. The van der Waals surface area contributed by atoms with Gasteiger partial charge in [0.15, 0.2) is 0 Å². The molecule has 0 aliphatic heterocycles. The van der Waals surface area contributed by atoms with Crippen LogP contribution in [0.25, 0.3) is 0 Å². The van der Waals surface area contributed by atoms with Crippen LogP contribution in [0.4, 0.5) is 0 Å². The van der Waals surface area contributed by atoms with E-state index in [0.717, 1.165) is 5.75 Å². The van der Waals surface area contributed by atoms with Crippen molar-refractivity contribution >= 4 is 39.3 Å². The van der Waals surface area contributed by atoms with Crippen LogP contribution >= 0.6 is 11.8 Å². The van der Waals surface area contributed by atoms with E-state index >= 15 is 0 Å². The van der Waals surface area contributed by atoms with Crippen molar-refractivity contribution in [2.24, 2.45) is 5.73 Å². The minimum atomic E-state index is -0.195. The fourth-order valence-corrected chi connectivity index (χ4v) is 3.65. The van der Waals surface area contributed by atoms with Crippen LogP contribution in [0.1, 0.15) is 0 Å². The van der Waals surface area contributed by atoms with Crippen LogP contribution < -0.4 is 5.73 Å². The average molecular weight is 255 g/mol. The maximum absolute atomic E-state index is 10.2. The summed E-state index contributed by atoms with van der Waals surface area (Å²) in [5, 5.41) is 0. The third-order valence-electron chi connectivity index (χ3n) is 0.704. The molecular weight excluding hydrogens is 244 g/mol. The quantitative estimate of drug-likeness (QED) is 0.570. The molecule has 1 radical (unpaired) electrons. The Morgan fingerprint density at radius 1 is 1.78 bits per heavy atom. The second kappa shape index (κ2) is 6.75. The predicted molar refractivity (Wildman–Crippen MR) is 42.9 cm³/mol. The van der Waals surface area contributed by atoms with Crippen LogP contribution in [0.15, 0.2) is 0 Å². The van der Waals surface area contributed by atoms with Crippen molar-refractivity contribution in [2.75, 3.05) is 11.5 Å². The van der Waals surface area contributed by atoms with E-state index in [2.05, 4.69) is 4.87 Å². The fourth-order valence-electron chi connectivity index (χ4n) is 0.329. The number of hydrogen-bond acceptors (Lipinski definition) is 2. The number of carbonyl (C=O) groups excluding carboxylic acids is 1. The molecule has 0 aromatic rings. The SMILES string of the molecule is [CH3][Sb][CH2]CSCC(N)=O. The van der Waals surface area contributed by atoms with Gasteiger partial charge in [-0.3, -0.25) is 0 Å². The first-order valence-corrected chi connectivity index (χ1v) is 8.20. The predicted octanol–water partition coefficient (Wildman–Crippen LogP) is 0.376. The van der Waals surface area contributed by atoms with Crippen LogP contribution in [0.2, 0.25) is 9.24 Å². The van der Waals surface area contributed by atoms with Gasteiger partial charge in [-0.1, -0.05) is 0 Å². The van der Waals surface area contributed by atoms with E-state index in [0.29, 0.717) is 5.75 Å². The van der Waals surface area contributed by atoms with Crippen LogP contribution in [0, 0.1) is 0 Å². The van der Waals surface area contributed by atoms with Gasteiger partial charge in [-0.15, -0.1) is 0 Å². The van der Waals surface area contributed by atoms with Gasteiger partial charge >= 0.3 is 70.6 Å². The molecule has 0 aromatic heterocycles. The van der Waals surface area contributed by atoms with Crippen LogP contribution in [0.5, 0.6) is 0 Å². The molecule has 9 heavy (non-hydrogen) atoms. The standard InChI is InChI=1S/C4H8NOS.CH3.Sb/c1-2-7-3-4(5)6;;/h1-3H2,(H2,5,6);1H3;. The van der Waals surface area contributed by atoms with E-state index in [4.69, 9.17) is 5.73 Å². The Morgan fingerprint density at radius 3 is 2.89 bits per heavy atom. The van der Waals surface area contributed by atoms with Crippen molar-refractivity contribution in [3.05, 3.63) is 0 Å². The van der Waals surface area contributed by atoms with Crippen molar-refractivity contribution < 1.29 is 4.79 Å². The van der Waals surface area contributed by atoms with Gasteiger partial charge in [0.05, 0.1) is 0 Å². The van der Waals surface area contributed by atoms with Gasteiger partial charge in [-0.05, 0) is 0 Å². The van der Waals surface area contributed by atoms with Gasteiger partial charge in [0.1, 0.15) is 0 Å². The van der Waals surface area contributed by atoms with Gasteiger partial charge < -0.3 is 0 Å². The zero-order valence-corrected chi connectivity index (χ0v) is 8.83. The van der Waals surface area contributed by atoms with E-state index < -0.39 is 0 Å². The Hall–Kier alpha value is 0.638. The van der Waals surface area contributed by atoms with E-state index in [9.17, 15) is 4.79 Å². The normalized spacial score (nSPS) is 9.44. The number of nitrogens with two attached hydrogens (primary N) is 1. The van der Waals surface area contributed by atoms with Crippen molar-refractivity contribution in [3.8, 4) is 0 Å². The number of thioether (sulfide) groups is 1. The third-order valence-corrected chi connectivity index (χ3v) is 4.50. The van der Waals surface area contributed by atoms with E-state index in [1.165, 1.54) is 4.37 Å². The first-order valence-electron chi connectivity index (χ1n) is 2.69. The Morgan fingerprint density at radius 2 is 2.44 bits per heavy atom. The van der Waals surface area contributed by atoms with Crippen molar-refractivity contribution in [1.29, 1.82) is 0 Å². The number of hydrogen-bond donors (Lipinski definition) is 1. The van der Waals surface area contributed by atoms with Gasteiger partial charge in [-0.25, -0.2) is 0 Å². The summed E-state index contributed by atoms with van der Waals surface area (Å²) in [6.07, 6.45) is 0. The van der Waals surface area contributed by atoms with Crippen molar-refractivity contribution in [3.63, 3.8) is 0 Å². The van der Waals surface area contributed by atoms with Gasteiger partial charge in [0, 0.05) is 0 Å². The molecule has 0 bridgehead atoms. The molecule has 2 nitrogen and oxygen atoms in total. The van der Waals surface area contributed by atoms with E-state index in [1.54, 1.807) is 11.8 Å². The topological polar surface area (TPSA) is 43.1 Å². The number of rotatable bonds is 5. The first-order chi connectivity index (χ1) is 4.27. The van der Waals surface area contributed by atoms with Crippen molar-refractivity contribution in [2.45, 2.75) is 9.24 Å². The zero-order valence-electron chi connectivity index (χ0n) is 5.46. The monoisotopic (exact) mass is 254 g/mol.